The number of nitrogen functional groups attached to an aromatic ring is 1. The summed E-state index contributed by atoms with van der Waals surface area (Å²) in [5.41, 5.74) is 7.37. The van der Waals surface area contributed by atoms with Crippen molar-refractivity contribution in [3.05, 3.63) is 47.2 Å². The first-order chi connectivity index (χ1) is 8.68. The number of nitrogens with one attached hydrogen (secondary N) is 1. The number of nitrogens with zero attached hydrogens (tertiary/aromatic N) is 1. The molecular weight excluding hydrogens is 253 g/mol. The monoisotopic (exact) mass is 261 g/mol. The van der Waals surface area contributed by atoms with Crippen molar-refractivity contribution in [2.75, 3.05) is 5.73 Å². The summed E-state index contributed by atoms with van der Waals surface area (Å²) in [5.74, 6) is -0.269. The molecule has 0 saturated heterocycles. The van der Waals surface area contributed by atoms with Crippen LogP contribution in [0.15, 0.2) is 36.4 Å². The zero-order valence-electron chi connectivity index (χ0n) is 9.24. The number of aromatic amines is 1. The van der Waals surface area contributed by atoms with E-state index in [1.807, 2.05) is 30.3 Å². The van der Waals surface area contributed by atoms with E-state index in [9.17, 15) is 4.39 Å². The SMILES string of the molecule is Nc1n[nH]c2c(F)c(Cl)c(-c3ccccc3)cc12. The van der Waals surface area contributed by atoms with E-state index in [2.05, 4.69) is 10.2 Å². The first-order valence-corrected chi connectivity index (χ1v) is 5.73. The van der Waals surface area contributed by atoms with Crippen molar-refractivity contribution in [1.82, 2.24) is 10.2 Å². The highest BCUT2D eigenvalue weighted by Gasteiger charge is 2.16. The molecule has 1 aromatic heterocycles. The van der Waals surface area contributed by atoms with Gasteiger partial charge >= 0.3 is 0 Å². The molecule has 2 aromatic carbocycles. The number of anilines is 1. The summed E-state index contributed by atoms with van der Waals surface area (Å²) in [6.07, 6.45) is 0. The number of halogens is 2. The lowest BCUT2D eigenvalue weighted by atomic mass is 10.0. The normalized spacial score (nSPS) is 11.0. The largest absolute Gasteiger partial charge is 0.382 e. The summed E-state index contributed by atoms with van der Waals surface area (Å²) in [6.45, 7) is 0. The fourth-order valence-corrected chi connectivity index (χ4v) is 2.20. The number of aromatic nitrogens is 2. The van der Waals surface area contributed by atoms with Crippen LogP contribution in [0.25, 0.3) is 22.0 Å². The van der Waals surface area contributed by atoms with Crippen molar-refractivity contribution >= 4 is 28.3 Å². The highest BCUT2D eigenvalue weighted by molar-refractivity contribution is 6.34. The second-order valence-electron chi connectivity index (χ2n) is 3.95. The Morgan fingerprint density at radius 2 is 1.94 bits per heavy atom. The number of benzene rings is 2. The first kappa shape index (κ1) is 11.0. The molecule has 0 aliphatic rings. The lowest BCUT2D eigenvalue weighted by molar-refractivity contribution is 0.637. The van der Waals surface area contributed by atoms with E-state index in [1.54, 1.807) is 6.07 Å². The van der Waals surface area contributed by atoms with Gasteiger partial charge in [-0.05, 0) is 11.6 Å². The Hall–Kier alpha value is -2.07. The molecule has 0 unspecified atom stereocenters. The van der Waals surface area contributed by atoms with Crippen LogP contribution < -0.4 is 5.73 Å². The van der Waals surface area contributed by atoms with Gasteiger partial charge in [0.15, 0.2) is 11.6 Å². The average molecular weight is 262 g/mol. The number of H-pyrrole nitrogens is 1. The summed E-state index contributed by atoms with van der Waals surface area (Å²) >= 11 is 6.05. The van der Waals surface area contributed by atoms with Gasteiger partial charge in [-0.2, -0.15) is 5.10 Å². The first-order valence-electron chi connectivity index (χ1n) is 5.35. The fourth-order valence-electron chi connectivity index (χ4n) is 1.94. The van der Waals surface area contributed by atoms with Gasteiger partial charge < -0.3 is 5.73 Å². The Bertz CT molecular complexity index is 722. The highest BCUT2D eigenvalue weighted by atomic mass is 35.5. The topological polar surface area (TPSA) is 54.7 Å². The predicted molar refractivity (Wildman–Crippen MR) is 70.9 cm³/mol. The molecule has 1 heterocycles. The van der Waals surface area contributed by atoms with Crippen LogP contribution in [0.5, 0.6) is 0 Å². The molecule has 3 N–H and O–H groups in total. The fraction of sp³-hybridized carbons (Fsp3) is 0. The Labute approximate surface area is 107 Å². The molecule has 3 aromatic rings. The maximum Gasteiger partial charge on any atom is 0.168 e. The highest BCUT2D eigenvalue weighted by Crippen LogP contribution is 2.35. The van der Waals surface area contributed by atoms with Crippen LogP contribution in [-0.4, -0.2) is 10.2 Å². The summed E-state index contributed by atoms with van der Waals surface area (Å²) < 4.78 is 14.1. The molecule has 18 heavy (non-hydrogen) atoms. The van der Waals surface area contributed by atoms with E-state index in [0.29, 0.717) is 10.9 Å². The molecule has 0 saturated carbocycles. The standard InChI is InChI=1S/C13H9ClFN3/c14-10-8(7-4-2-1-3-5-7)6-9-12(11(10)15)17-18-13(9)16/h1-6H,(H3,16,17,18). The summed E-state index contributed by atoms with van der Waals surface area (Å²) in [4.78, 5) is 0. The number of hydrogen-bond donors (Lipinski definition) is 2. The quantitative estimate of drug-likeness (QED) is 0.703. The predicted octanol–water partition coefficient (Wildman–Crippen LogP) is 3.60. The summed E-state index contributed by atoms with van der Waals surface area (Å²) in [7, 11) is 0. The Morgan fingerprint density at radius 3 is 2.67 bits per heavy atom. The van der Waals surface area contributed by atoms with Gasteiger partial charge in [0, 0.05) is 10.9 Å². The van der Waals surface area contributed by atoms with Crippen LogP contribution in [0.4, 0.5) is 10.2 Å². The lowest BCUT2D eigenvalue weighted by Gasteiger charge is -2.06. The Morgan fingerprint density at radius 1 is 1.22 bits per heavy atom. The molecular formula is C13H9ClFN3. The molecule has 0 radical (unpaired) electrons. The van der Waals surface area contributed by atoms with Crippen molar-refractivity contribution < 1.29 is 4.39 Å². The van der Waals surface area contributed by atoms with Gasteiger partial charge in [-0.15, -0.1) is 0 Å². The van der Waals surface area contributed by atoms with E-state index in [4.69, 9.17) is 17.3 Å². The van der Waals surface area contributed by atoms with Crippen molar-refractivity contribution in [3.8, 4) is 11.1 Å². The number of rotatable bonds is 1. The van der Waals surface area contributed by atoms with E-state index in [0.717, 1.165) is 5.56 Å². The zero-order chi connectivity index (χ0) is 12.7. The minimum atomic E-state index is -0.530. The third kappa shape index (κ3) is 1.54. The lowest BCUT2D eigenvalue weighted by Crippen LogP contribution is -1.88. The molecule has 5 heteroatoms. The molecule has 90 valence electrons. The maximum absolute atomic E-state index is 14.1. The van der Waals surface area contributed by atoms with E-state index in [1.165, 1.54) is 0 Å². The van der Waals surface area contributed by atoms with Crippen molar-refractivity contribution in [1.29, 1.82) is 0 Å². The molecule has 0 bridgehead atoms. The van der Waals surface area contributed by atoms with E-state index >= 15 is 0 Å². The molecule has 0 aliphatic carbocycles. The molecule has 0 spiro atoms. The van der Waals surface area contributed by atoms with Crippen LogP contribution in [0.1, 0.15) is 0 Å². The Kier molecular flexibility index (Phi) is 2.45. The molecule has 0 aliphatic heterocycles. The van der Waals surface area contributed by atoms with Gasteiger partial charge in [0.1, 0.15) is 5.52 Å². The van der Waals surface area contributed by atoms with Gasteiger partial charge in [0.2, 0.25) is 0 Å². The zero-order valence-corrected chi connectivity index (χ0v) is 10.0. The molecule has 3 rings (SSSR count). The van der Waals surface area contributed by atoms with Gasteiger partial charge in [0.25, 0.3) is 0 Å². The smallest absolute Gasteiger partial charge is 0.168 e. The maximum atomic E-state index is 14.1. The van der Waals surface area contributed by atoms with Crippen LogP contribution >= 0.6 is 11.6 Å². The average Bonchev–Trinajstić information content (AvgIpc) is 2.77. The Balaban J connectivity index is 2.36. The number of fused-ring (bicyclic) bond motifs is 1. The van der Waals surface area contributed by atoms with Gasteiger partial charge in [-0.3, -0.25) is 5.10 Å². The molecule has 0 amide bonds. The van der Waals surface area contributed by atoms with Gasteiger partial charge in [0.05, 0.1) is 5.02 Å². The van der Waals surface area contributed by atoms with Gasteiger partial charge in [-0.25, -0.2) is 4.39 Å². The van der Waals surface area contributed by atoms with Crippen LogP contribution in [0, 0.1) is 5.82 Å². The van der Waals surface area contributed by atoms with Crippen molar-refractivity contribution in [2.45, 2.75) is 0 Å². The summed E-state index contributed by atoms with van der Waals surface area (Å²) in [6, 6.07) is 11.1. The second kappa shape index (κ2) is 3.99. The molecule has 3 nitrogen and oxygen atoms in total. The third-order valence-corrected chi connectivity index (χ3v) is 3.23. The van der Waals surface area contributed by atoms with E-state index in [-0.39, 0.29) is 16.4 Å². The van der Waals surface area contributed by atoms with Crippen LogP contribution in [0.2, 0.25) is 5.02 Å². The third-order valence-electron chi connectivity index (χ3n) is 2.86. The second-order valence-corrected chi connectivity index (χ2v) is 4.33. The van der Waals surface area contributed by atoms with Crippen LogP contribution in [0.3, 0.4) is 0 Å². The van der Waals surface area contributed by atoms with Crippen LogP contribution in [-0.2, 0) is 0 Å². The minimum Gasteiger partial charge on any atom is -0.382 e. The van der Waals surface area contributed by atoms with Gasteiger partial charge in [-0.1, -0.05) is 41.9 Å². The number of nitrogens with two attached hydrogens (primary N) is 1. The van der Waals surface area contributed by atoms with Crippen molar-refractivity contribution in [3.63, 3.8) is 0 Å². The summed E-state index contributed by atoms with van der Waals surface area (Å²) in [5, 5.41) is 6.93. The molecule has 0 atom stereocenters. The van der Waals surface area contributed by atoms with E-state index < -0.39 is 5.82 Å². The minimum absolute atomic E-state index is 0.0670. The number of hydrogen-bond acceptors (Lipinski definition) is 2. The van der Waals surface area contributed by atoms with Crippen molar-refractivity contribution in [2.24, 2.45) is 0 Å². The molecule has 0 fully saturated rings.